The van der Waals surface area contributed by atoms with Crippen LogP contribution in [0.2, 0.25) is 0 Å². The average Bonchev–Trinajstić information content (AvgIpc) is 3.36. The van der Waals surface area contributed by atoms with Crippen molar-refractivity contribution in [2.45, 2.75) is 49.9 Å². The highest BCUT2D eigenvalue weighted by Gasteiger charge is 2.57. The van der Waals surface area contributed by atoms with Crippen LogP contribution in [-0.4, -0.2) is 60.1 Å². The number of aliphatic hydroxyl groups excluding tert-OH is 1. The van der Waals surface area contributed by atoms with E-state index in [0.717, 1.165) is 0 Å². The number of aromatic nitrogens is 4. The lowest BCUT2D eigenvalue weighted by atomic mass is 10.1. The lowest BCUT2D eigenvalue weighted by Gasteiger charge is -2.28. The van der Waals surface area contributed by atoms with Gasteiger partial charge in [-0.3, -0.25) is 24.1 Å². The standard InChI is InChI=1S/C22H24BrFN5O8P/c1-10-16-13(12(7-26-10)8-34-11(2)30)4-6-38(33,37-16)35-9-15-17(31)22(23,24)20(36-15)29-5-3-14-18(29)27-21(25)28-19(14)32/h3,5,7,15,17,20,31H,4,6,8-9H2,1-2H3,(H3,25,27,28,32)/t15-,17+,20-,22?,38?/m1/s1. The normalized spacial score (nSPS) is 28.7. The Labute approximate surface area is 223 Å². The van der Waals surface area contributed by atoms with E-state index in [1.165, 1.54) is 23.8 Å². The SMILES string of the molecule is CC(=O)OCc1cnc(C)c2c1CCP(=O)(OC[C@H]1O[C@@H](n3ccc4c(=O)[nH]c(N)nc43)C(F)(Br)[C@H]1O)O2. The van der Waals surface area contributed by atoms with Gasteiger partial charge in [-0.05, 0) is 35.3 Å². The fraction of sp³-hybridized carbons (Fsp3) is 0.455. The van der Waals surface area contributed by atoms with Gasteiger partial charge in [0.2, 0.25) is 10.5 Å². The van der Waals surface area contributed by atoms with E-state index >= 15 is 4.39 Å². The lowest BCUT2D eigenvalue weighted by molar-refractivity contribution is -0.142. The maximum absolute atomic E-state index is 15.7. The zero-order valence-corrected chi connectivity index (χ0v) is 22.7. The number of ether oxygens (including phenoxy) is 2. The van der Waals surface area contributed by atoms with Crippen molar-refractivity contribution in [2.75, 3.05) is 18.5 Å². The van der Waals surface area contributed by atoms with Crippen LogP contribution in [0, 0.1) is 6.92 Å². The molecule has 3 aromatic heterocycles. The predicted octanol–water partition coefficient (Wildman–Crippen LogP) is 2.24. The molecule has 2 unspecified atom stereocenters. The first-order valence-corrected chi connectivity index (χ1v) is 14.0. The molecule has 0 radical (unpaired) electrons. The largest absolute Gasteiger partial charge is 0.461 e. The second kappa shape index (κ2) is 9.72. The molecule has 0 aromatic carbocycles. The first kappa shape index (κ1) is 26.8. The summed E-state index contributed by atoms with van der Waals surface area (Å²) in [6, 6.07) is 1.42. The van der Waals surface area contributed by atoms with E-state index in [1.54, 1.807) is 13.1 Å². The molecule has 4 N–H and O–H groups in total. The van der Waals surface area contributed by atoms with Gasteiger partial charge in [-0.25, -0.2) is 8.96 Å². The number of carbonyl (C=O) groups is 1. The molecular formula is C22H24BrFN5O8P. The van der Waals surface area contributed by atoms with E-state index in [4.69, 9.17) is 24.3 Å². The summed E-state index contributed by atoms with van der Waals surface area (Å²) < 4.78 is 50.0. The Morgan fingerprint density at radius 2 is 2.26 bits per heavy atom. The molecule has 204 valence electrons. The number of aliphatic hydroxyl groups is 1. The van der Waals surface area contributed by atoms with E-state index in [-0.39, 0.29) is 35.5 Å². The van der Waals surface area contributed by atoms with Gasteiger partial charge in [0.1, 0.15) is 18.8 Å². The number of nitrogens with zero attached hydrogens (tertiary/aromatic N) is 3. The molecule has 0 bridgehead atoms. The molecule has 5 atom stereocenters. The molecule has 1 fully saturated rings. The summed E-state index contributed by atoms with van der Waals surface area (Å²) in [6.07, 6.45) is -1.22. The Hall–Kier alpha value is -2.84. The van der Waals surface area contributed by atoms with Gasteiger partial charge in [-0.1, -0.05) is 0 Å². The third-order valence-electron chi connectivity index (χ3n) is 6.37. The van der Waals surface area contributed by atoms with Crippen LogP contribution < -0.4 is 15.8 Å². The fourth-order valence-electron chi connectivity index (χ4n) is 4.44. The molecule has 5 heterocycles. The molecule has 0 saturated carbocycles. The summed E-state index contributed by atoms with van der Waals surface area (Å²) in [5.41, 5.74) is 6.97. The minimum absolute atomic E-state index is 0.00670. The summed E-state index contributed by atoms with van der Waals surface area (Å²) in [5, 5.41) is 10.8. The Balaban J connectivity index is 1.33. The number of nitrogens with two attached hydrogens (primary N) is 1. The topological polar surface area (TPSA) is 181 Å². The number of hydrogen-bond acceptors (Lipinski definition) is 11. The highest BCUT2D eigenvalue weighted by molar-refractivity contribution is 9.10. The highest BCUT2D eigenvalue weighted by atomic mass is 79.9. The van der Waals surface area contributed by atoms with Gasteiger partial charge < -0.3 is 29.4 Å². The number of nitrogen functional groups attached to an aromatic ring is 1. The molecule has 5 rings (SSSR count). The number of carbonyl (C=O) groups excluding carboxylic acids is 1. The minimum atomic E-state index is -3.74. The lowest BCUT2D eigenvalue weighted by Crippen LogP contribution is -2.38. The zero-order valence-electron chi connectivity index (χ0n) is 20.2. The number of halogens is 2. The Morgan fingerprint density at radius 1 is 1.50 bits per heavy atom. The van der Waals surface area contributed by atoms with E-state index in [2.05, 4.69) is 30.9 Å². The summed E-state index contributed by atoms with van der Waals surface area (Å²) in [7, 11) is -3.74. The quantitative estimate of drug-likeness (QED) is 0.210. The van der Waals surface area contributed by atoms with Gasteiger partial charge in [-0.2, -0.15) is 4.98 Å². The molecule has 0 spiro atoms. The van der Waals surface area contributed by atoms with Gasteiger partial charge in [0, 0.05) is 30.4 Å². The zero-order chi connectivity index (χ0) is 27.4. The maximum atomic E-state index is 15.7. The van der Waals surface area contributed by atoms with Crippen LogP contribution in [0.1, 0.15) is 30.0 Å². The molecule has 38 heavy (non-hydrogen) atoms. The van der Waals surface area contributed by atoms with Gasteiger partial charge >= 0.3 is 13.6 Å². The van der Waals surface area contributed by atoms with Crippen LogP contribution in [0.15, 0.2) is 23.3 Å². The Morgan fingerprint density at radius 3 is 3.00 bits per heavy atom. The number of nitrogens with one attached hydrogen (secondary N) is 1. The van der Waals surface area contributed by atoms with Crippen molar-refractivity contribution in [3.05, 3.63) is 45.6 Å². The average molecular weight is 616 g/mol. The number of alkyl halides is 2. The first-order chi connectivity index (χ1) is 17.9. The smallest absolute Gasteiger partial charge is 0.379 e. The van der Waals surface area contributed by atoms with Crippen molar-refractivity contribution < 1.29 is 37.4 Å². The number of aromatic amines is 1. The molecule has 0 aliphatic carbocycles. The molecule has 3 aromatic rings. The molecule has 1 saturated heterocycles. The number of esters is 1. The minimum Gasteiger partial charge on any atom is -0.461 e. The first-order valence-electron chi connectivity index (χ1n) is 11.5. The van der Waals surface area contributed by atoms with Crippen molar-refractivity contribution >= 4 is 46.5 Å². The summed E-state index contributed by atoms with van der Waals surface area (Å²) >= 11 is 2.89. The van der Waals surface area contributed by atoms with Crippen molar-refractivity contribution in [3.8, 4) is 5.75 Å². The van der Waals surface area contributed by atoms with E-state index < -0.39 is 48.7 Å². The summed E-state index contributed by atoms with van der Waals surface area (Å²) in [4.78, 5) is 34.0. The van der Waals surface area contributed by atoms with Crippen molar-refractivity contribution in [3.63, 3.8) is 0 Å². The van der Waals surface area contributed by atoms with Crippen LogP contribution in [-0.2, 0) is 36.4 Å². The Bertz CT molecular complexity index is 1530. The molecule has 2 aliphatic heterocycles. The summed E-state index contributed by atoms with van der Waals surface area (Å²) in [5.74, 6) is -0.357. The van der Waals surface area contributed by atoms with Gasteiger partial charge in [0.05, 0.1) is 23.8 Å². The maximum Gasteiger partial charge on any atom is 0.379 e. The van der Waals surface area contributed by atoms with Crippen LogP contribution in [0.4, 0.5) is 10.3 Å². The number of fused-ring (bicyclic) bond motifs is 2. The number of H-pyrrole nitrogens is 1. The van der Waals surface area contributed by atoms with Crippen molar-refractivity contribution in [1.29, 1.82) is 0 Å². The number of pyridine rings is 1. The molecule has 2 aliphatic rings. The second-order valence-electron chi connectivity index (χ2n) is 8.99. The van der Waals surface area contributed by atoms with Crippen molar-refractivity contribution in [1.82, 2.24) is 19.5 Å². The highest BCUT2D eigenvalue weighted by Crippen LogP contribution is 2.55. The third-order valence-corrected chi connectivity index (χ3v) is 9.00. The molecular weight excluding hydrogens is 592 g/mol. The van der Waals surface area contributed by atoms with E-state index in [9.17, 15) is 19.3 Å². The molecule has 13 nitrogen and oxygen atoms in total. The summed E-state index contributed by atoms with van der Waals surface area (Å²) in [6.45, 7) is 2.50. The van der Waals surface area contributed by atoms with E-state index in [1.807, 2.05) is 0 Å². The van der Waals surface area contributed by atoms with Gasteiger partial charge in [-0.15, -0.1) is 0 Å². The van der Waals surface area contributed by atoms with Crippen LogP contribution in [0.5, 0.6) is 5.75 Å². The Kier molecular flexibility index (Phi) is 6.84. The van der Waals surface area contributed by atoms with Gasteiger partial charge in [0.25, 0.3) is 5.56 Å². The number of hydrogen-bond donors (Lipinski definition) is 3. The van der Waals surface area contributed by atoms with Gasteiger partial charge in [0.15, 0.2) is 17.6 Å². The predicted molar refractivity (Wildman–Crippen MR) is 135 cm³/mol. The third kappa shape index (κ3) is 4.73. The second-order valence-corrected chi connectivity index (χ2v) is 12.3. The van der Waals surface area contributed by atoms with Crippen LogP contribution in [0.25, 0.3) is 11.0 Å². The number of anilines is 1. The van der Waals surface area contributed by atoms with Crippen LogP contribution >= 0.6 is 23.5 Å². The van der Waals surface area contributed by atoms with Crippen molar-refractivity contribution in [2.24, 2.45) is 0 Å². The molecule has 16 heteroatoms. The molecule has 0 amide bonds. The fourth-order valence-corrected chi connectivity index (χ4v) is 6.73. The van der Waals surface area contributed by atoms with E-state index in [0.29, 0.717) is 23.2 Å². The number of aryl methyl sites for hydroxylation is 1. The number of rotatable bonds is 6. The van der Waals surface area contributed by atoms with Crippen LogP contribution in [0.3, 0.4) is 0 Å². The monoisotopic (exact) mass is 615 g/mol.